The SMILES string of the molecule is CC(C)C[C@H](NC(=O)[C@H](Cc1ccc(O)cc1)NC(=O)[C@@H](N)CO)C(=O)N[C@@H](CS)C(=O)N[C@H](C(=O)N[C@H](C(=O)N1CCC[C@H]1C(=O)N[C@@H](C)C(=O)N[C@@H](CO)C(=O)N[C@@H](CCC(N)=O)C(=O)N[C@@H](CC(C)C)C(=O)N[C@H](C(=O)N[C@@H](CCC(=O)O)C(=O)N[C@@H](Cc1ccccc1)C(=O)N[C@@H](Cc1c[nH]c2ccccc12)C(=O)NCC(=O)O)[C@@H](C)O)[C@@H](C)O)C(C)C. The molecule has 16 amide bonds. The Bertz CT molecular complexity index is 4500. The molecule has 698 valence electrons. The van der Waals surface area contributed by atoms with Crippen LogP contribution < -0.4 is 85.9 Å². The second kappa shape index (κ2) is 51.3. The van der Waals surface area contributed by atoms with Crippen LogP contribution in [0.3, 0.4) is 0 Å². The molecule has 0 radical (unpaired) electrons. The molecule has 0 saturated carbocycles. The Labute approximate surface area is 737 Å². The largest absolute Gasteiger partial charge is 0.508 e. The number of aromatic hydroxyl groups is 1. The van der Waals surface area contributed by atoms with Gasteiger partial charge in [0.2, 0.25) is 94.5 Å². The van der Waals surface area contributed by atoms with Gasteiger partial charge < -0.3 is 132 Å². The van der Waals surface area contributed by atoms with Gasteiger partial charge in [0, 0.05) is 61.5 Å². The summed E-state index contributed by atoms with van der Waals surface area (Å²) in [7, 11) is 0. The number of carboxylic acids is 2. The Morgan fingerprint density at radius 1 is 0.465 bits per heavy atom. The number of H-pyrrole nitrogens is 1. The lowest BCUT2D eigenvalue weighted by Gasteiger charge is -2.32. The number of phenols is 1. The summed E-state index contributed by atoms with van der Waals surface area (Å²) in [5.74, 6) is -21.2. The molecule has 44 heteroatoms. The zero-order valence-corrected chi connectivity index (χ0v) is 72.9. The molecule has 0 bridgehead atoms. The summed E-state index contributed by atoms with van der Waals surface area (Å²) >= 11 is 4.27. The molecule has 3 aromatic carbocycles. The van der Waals surface area contributed by atoms with Crippen molar-refractivity contribution in [3.63, 3.8) is 0 Å². The highest BCUT2D eigenvalue weighted by molar-refractivity contribution is 7.80. The van der Waals surface area contributed by atoms with Crippen LogP contribution >= 0.6 is 12.6 Å². The quantitative estimate of drug-likeness (QED) is 0.0183. The third kappa shape index (κ3) is 33.8. The number of nitrogens with two attached hydrogens (primary N) is 2. The maximum Gasteiger partial charge on any atom is 0.322 e. The second-order valence-electron chi connectivity index (χ2n) is 32.2. The van der Waals surface area contributed by atoms with Crippen LogP contribution in [-0.4, -0.2) is 287 Å². The van der Waals surface area contributed by atoms with E-state index >= 15 is 0 Å². The first-order valence-corrected chi connectivity index (χ1v) is 42.1. The minimum absolute atomic E-state index is 0.00825. The van der Waals surface area contributed by atoms with Crippen molar-refractivity contribution >= 4 is 130 Å². The number of phenolic OH excluding ortho intramolecular Hbond substituents is 1. The molecule has 2 heterocycles. The number of nitrogens with zero attached hydrogens (tertiary/aromatic N) is 1. The summed E-state index contributed by atoms with van der Waals surface area (Å²) in [4.78, 5) is 251. The molecule has 26 N–H and O–H groups in total. The van der Waals surface area contributed by atoms with E-state index < -0.39 is 267 Å². The number of rotatable bonds is 52. The first-order valence-electron chi connectivity index (χ1n) is 41.4. The maximum absolute atomic E-state index is 14.5. The highest BCUT2D eigenvalue weighted by Crippen LogP contribution is 2.23. The van der Waals surface area contributed by atoms with Crippen molar-refractivity contribution in [2.24, 2.45) is 29.2 Å². The fourth-order valence-corrected chi connectivity index (χ4v) is 13.8. The van der Waals surface area contributed by atoms with E-state index in [1.807, 2.05) is 0 Å². The second-order valence-corrected chi connectivity index (χ2v) is 32.6. The van der Waals surface area contributed by atoms with Gasteiger partial charge in [0.15, 0.2) is 0 Å². The van der Waals surface area contributed by atoms with Crippen molar-refractivity contribution in [2.75, 3.05) is 32.1 Å². The standard InChI is InChI=1S/C83H120N18O25S/c1-40(2)30-55(93-75(118)57(91-70(113)51(84)37-102)33-47-21-23-49(106)24-22-47)74(117)97-61(39-127)79(122)98-66(42(5)6)81(124)100-68(45(9)105)83(126)101-29-15-20-62(101)80(123)88-43(7)69(112)96-60(38-103)78(121)89-53(25-27-63(85)107)72(115)92-56(31-41(3)4)77(120)99-67(44(8)104)82(125)90-54(26-28-64(108)109)73(116)94-58(32-46-16-11-10-12-17-46)76(119)95-59(71(114)87-36-65(110)111)34-48-35-86-52-19-14-13-18-50(48)52/h10-14,16-19,21-24,35,40-45,51,53-62,66-68,86,102-106,127H,15,20,25-34,36-39,84H2,1-9H3,(H2,85,107)(H,87,114)(H,88,123)(H,89,121)(H,90,125)(H,91,113)(H,92,115)(H,93,118)(H,94,116)(H,95,119)(H,96,112)(H,97,117)(H,98,122)(H,99,120)(H,100,124)(H,108,109)(H,110,111)/t43-,44+,45+,51-,53-,54-,55-,56-,57-,58-,59-,60-,61-,62-,66-,67-,68-/m0/s1. The van der Waals surface area contributed by atoms with E-state index in [2.05, 4.69) is 92.0 Å². The number of primary amides is 1. The number of aliphatic hydroxyl groups excluding tert-OH is 4. The topological polar surface area (TPSA) is 688 Å². The Morgan fingerprint density at radius 2 is 0.906 bits per heavy atom. The number of hydrogen-bond donors (Lipinski definition) is 25. The predicted molar refractivity (Wildman–Crippen MR) is 459 cm³/mol. The van der Waals surface area contributed by atoms with Crippen LogP contribution in [0, 0.1) is 17.8 Å². The molecule has 0 aliphatic carbocycles. The highest BCUT2D eigenvalue weighted by atomic mass is 32.1. The van der Waals surface area contributed by atoms with Crippen molar-refractivity contribution in [2.45, 2.75) is 236 Å². The van der Waals surface area contributed by atoms with Crippen molar-refractivity contribution in [1.29, 1.82) is 0 Å². The predicted octanol–water partition coefficient (Wildman–Crippen LogP) is -5.70. The van der Waals surface area contributed by atoms with Crippen LogP contribution in [0.5, 0.6) is 5.75 Å². The Balaban J connectivity index is 1.25. The van der Waals surface area contributed by atoms with Crippen molar-refractivity contribution in [3.8, 4) is 5.75 Å². The number of aliphatic carboxylic acids is 2. The van der Waals surface area contributed by atoms with Crippen LogP contribution in [-0.2, 0) is 106 Å². The molecule has 1 fully saturated rings. The zero-order valence-electron chi connectivity index (χ0n) is 72.0. The average Bonchev–Trinajstić information content (AvgIpc) is 1.71. The van der Waals surface area contributed by atoms with Gasteiger partial charge >= 0.3 is 11.9 Å². The van der Waals surface area contributed by atoms with E-state index in [1.165, 1.54) is 52.0 Å². The van der Waals surface area contributed by atoms with Gasteiger partial charge in [0.25, 0.3) is 0 Å². The number of hydrogen-bond acceptors (Lipinski definition) is 25. The molecule has 4 aromatic rings. The number of carbonyl (C=O) groups excluding carboxylic acids is 16. The van der Waals surface area contributed by atoms with Crippen LogP contribution in [0.25, 0.3) is 10.9 Å². The Kier molecular flexibility index (Phi) is 42.5. The molecule has 127 heavy (non-hydrogen) atoms. The Morgan fingerprint density at radius 3 is 1.43 bits per heavy atom. The van der Waals surface area contributed by atoms with E-state index in [9.17, 15) is 122 Å². The number of thiol groups is 1. The summed E-state index contributed by atoms with van der Waals surface area (Å²) in [5.41, 5.74) is 13.3. The van der Waals surface area contributed by atoms with Crippen LogP contribution in [0.15, 0.2) is 85.1 Å². The summed E-state index contributed by atoms with van der Waals surface area (Å²) < 4.78 is 0. The number of amides is 16. The number of nitrogens with one attached hydrogen (secondary N) is 15. The third-order valence-corrected chi connectivity index (χ3v) is 20.8. The number of aromatic amines is 1. The molecule has 1 saturated heterocycles. The van der Waals surface area contributed by atoms with Crippen molar-refractivity contribution < 1.29 is 122 Å². The molecule has 17 atom stereocenters. The number of aliphatic hydroxyl groups is 4. The van der Waals surface area contributed by atoms with Gasteiger partial charge in [-0.15, -0.1) is 0 Å². The zero-order chi connectivity index (χ0) is 94.8. The first kappa shape index (κ1) is 105. The lowest BCUT2D eigenvalue weighted by Crippen LogP contribution is -2.63. The molecule has 1 aromatic heterocycles. The van der Waals surface area contributed by atoms with Gasteiger partial charge in [0.1, 0.15) is 103 Å². The molecular formula is C83H120N18O25S. The minimum atomic E-state index is -2.00. The highest BCUT2D eigenvalue weighted by Gasteiger charge is 2.44. The van der Waals surface area contributed by atoms with E-state index in [0.717, 1.165) is 11.8 Å². The lowest BCUT2D eigenvalue weighted by atomic mass is 10.00. The van der Waals surface area contributed by atoms with E-state index in [1.54, 1.807) is 88.5 Å². The summed E-state index contributed by atoms with van der Waals surface area (Å²) in [6.07, 6.45) is -5.11. The molecule has 0 unspecified atom stereocenters. The van der Waals surface area contributed by atoms with E-state index in [-0.39, 0.29) is 68.9 Å². The average molecular weight is 1800 g/mol. The smallest absolute Gasteiger partial charge is 0.322 e. The molecule has 43 nitrogen and oxygen atoms in total. The minimum Gasteiger partial charge on any atom is -0.508 e. The van der Waals surface area contributed by atoms with Crippen LogP contribution in [0.1, 0.15) is 130 Å². The summed E-state index contributed by atoms with van der Waals surface area (Å²) in [6, 6.07) is -3.13. The fourth-order valence-electron chi connectivity index (χ4n) is 13.5. The van der Waals surface area contributed by atoms with E-state index in [4.69, 9.17) is 11.5 Å². The fraction of sp³-hybridized carbons (Fsp3) is 0.542. The number of carbonyl (C=O) groups is 18. The maximum atomic E-state index is 14.5. The molecule has 0 spiro atoms. The number of benzene rings is 3. The lowest BCUT2D eigenvalue weighted by molar-refractivity contribution is -0.145. The Hall–Kier alpha value is -12.4. The van der Waals surface area contributed by atoms with Gasteiger partial charge in [-0.1, -0.05) is 102 Å². The number of fused-ring (bicyclic) bond motifs is 1. The van der Waals surface area contributed by atoms with Gasteiger partial charge in [-0.25, -0.2) is 0 Å². The molecule has 1 aliphatic heterocycles. The normalized spacial score (nSPS) is 16.3. The number of likely N-dealkylation sites (tertiary alicyclic amines) is 1. The molecule has 5 rings (SSSR count). The van der Waals surface area contributed by atoms with Crippen LogP contribution in [0.2, 0.25) is 0 Å². The van der Waals surface area contributed by atoms with Gasteiger partial charge in [-0.3, -0.25) is 86.3 Å². The number of para-hydroxylation sites is 1. The van der Waals surface area contributed by atoms with Gasteiger partial charge in [-0.2, -0.15) is 12.6 Å². The van der Waals surface area contributed by atoms with Crippen molar-refractivity contribution in [3.05, 3.63) is 102 Å². The van der Waals surface area contributed by atoms with E-state index in [0.29, 0.717) is 27.6 Å². The monoisotopic (exact) mass is 1800 g/mol. The third-order valence-electron chi connectivity index (χ3n) is 20.5. The number of aromatic nitrogens is 1. The molecular weight excluding hydrogens is 1680 g/mol. The number of carboxylic acid groups (broad SMARTS) is 2. The summed E-state index contributed by atoms with van der Waals surface area (Å²) in [6.45, 7) is 10.4. The molecule has 1 aliphatic rings. The first-order chi connectivity index (χ1) is 59.9. The van der Waals surface area contributed by atoms with Gasteiger partial charge in [0.05, 0.1) is 25.4 Å². The van der Waals surface area contributed by atoms with Crippen LogP contribution in [0.4, 0.5) is 0 Å². The summed E-state index contributed by atoms with van der Waals surface area (Å²) in [5, 5.41) is 106. The van der Waals surface area contributed by atoms with Crippen molar-refractivity contribution in [1.82, 2.24) is 84.3 Å². The van der Waals surface area contributed by atoms with Gasteiger partial charge in [-0.05, 0) is 112 Å².